The third-order valence-corrected chi connectivity index (χ3v) is 12.0. The van der Waals surface area contributed by atoms with Crippen molar-refractivity contribution in [3.8, 4) is 0 Å². The maximum absolute atomic E-state index is 5.46. The quantitative estimate of drug-likeness (QED) is 0.129. The van der Waals surface area contributed by atoms with E-state index in [-0.39, 0.29) is 0 Å². The summed E-state index contributed by atoms with van der Waals surface area (Å²) in [4.78, 5) is 11.8. The van der Waals surface area contributed by atoms with Crippen molar-refractivity contribution in [3.63, 3.8) is 0 Å². The average Bonchev–Trinajstić information content (AvgIpc) is 3.68. The van der Waals surface area contributed by atoms with E-state index in [0.717, 1.165) is 39.3 Å². The van der Waals surface area contributed by atoms with Gasteiger partial charge in [0.2, 0.25) is 0 Å². The standard InChI is InChI=1S/C49H38N2S/c1-33(50-48(38-30-29-35-17-9-10-18-36(35)31-38)51-34(2)46-32-37-19-11-16-28-45(37)52-46)41-24-12-15-27-44-47(41)42-25-13-14-26-43(42)49(44,39-20-5-3-6-21-39)40-22-7-4-8-23-40/h3-11,13-32,37,45H,2,12H2,1H3. The largest absolute Gasteiger partial charge is 0.233 e. The number of benzene rings is 5. The molecule has 2 nitrogen and oxygen atoms in total. The predicted molar refractivity (Wildman–Crippen MR) is 222 cm³/mol. The molecule has 0 bridgehead atoms. The monoisotopic (exact) mass is 686 g/mol. The first-order valence-electron chi connectivity index (χ1n) is 18.0. The Morgan fingerprint density at radius 2 is 1.44 bits per heavy atom. The maximum atomic E-state index is 5.46. The molecule has 2 atom stereocenters. The van der Waals surface area contributed by atoms with E-state index in [0.29, 0.717) is 17.0 Å². The van der Waals surface area contributed by atoms with Gasteiger partial charge in [-0.3, -0.25) is 0 Å². The number of allylic oxidation sites excluding steroid dienone is 10. The Morgan fingerprint density at radius 1 is 0.750 bits per heavy atom. The minimum atomic E-state index is -0.482. The first-order chi connectivity index (χ1) is 25.6. The van der Waals surface area contributed by atoms with E-state index >= 15 is 0 Å². The molecule has 9 rings (SSSR count). The lowest BCUT2D eigenvalue weighted by Crippen LogP contribution is -2.29. The topological polar surface area (TPSA) is 24.7 Å². The number of nitrogens with zero attached hydrogens (tertiary/aromatic N) is 2. The summed E-state index contributed by atoms with van der Waals surface area (Å²) in [6.07, 6.45) is 18.9. The van der Waals surface area contributed by atoms with E-state index in [9.17, 15) is 0 Å². The number of aliphatic imine (C=N–C) groups is 2. The van der Waals surface area contributed by atoms with Crippen molar-refractivity contribution in [2.75, 3.05) is 0 Å². The zero-order chi connectivity index (χ0) is 35.1. The molecule has 3 heteroatoms. The molecule has 52 heavy (non-hydrogen) atoms. The van der Waals surface area contributed by atoms with Crippen LogP contribution >= 0.6 is 11.8 Å². The molecule has 0 aromatic heterocycles. The fraction of sp³-hybridized carbons (Fsp3) is 0.102. The minimum Gasteiger partial charge on any atom is -0.233 e. The van der Waals surface area contributed by atoms with Crippen LogP contribution in [0.5, 0.6) is 0 Å². The zero-order valence-electron chi connectivity index (χ0n) is 29.1. The first-order valence-corrected chi connectivity index (χ1v) is 18.9. The summed E-state index contributed by atoms with van der Waals surface area (Å²) in [6.45, 7) is 6.64. The highest BCUT2D eigenvalue weighted by molar-refractivity contribution is 8.04. The highest BCUT2D eigenvalue weighted by Gasteiger charge is 2.47. The number of thioether (sulfide) groups is 1. The molecule has 4 aliphatic rings. The van der Waals surface area contributed by atoms with Crippen molar-refractivity contribution >= 4 is 39.7 Å². The average molecular weight is 687 g/mol. The fourth-order valence-electron chi connectivity index (χ4n) is 8.25. The Kier molecular flexibility index (Phi) is 8.29. The van der Waals surface area contributed by atoms with E-state index < -0.39 is 5.41 Å². The number of hydrogen-bond donors (Lipinski definition) is 0. The van der Waals surface area contributed by atoms with Crippen LogP contribution in [-0.2, 0) is 5.41 Å². The van der Waals surface area contributed by atoms with E-state index in [4.69, 9.17) is 9.98 Å². The van der Waals surface area contributed by atoms with Gasteiger partial charge < -0.3 is 0 Å². The second-order valence-electron chi connectivity index (χ2n) is 13.7. The van der Waals surface area contributed by atoms with Gasteiger partial charge in [-0.15, -0.1) is 11.8 Å². The molecule has 0 fully saturated rings. The molecule has 3 aliphatic carbocycles. The molecule has 5 aromatic rings. The normalized spacial score (nSPS) is 20.2. The van der Waals surface area contributed by atoms with Gasteiger partial charge in [-0.1, -0.05) is 177 Å². The molecule has 0 saturated carbocycles. The van der Waals surface area contributed by atoms with E-state index in [1.165, 1.54) is 38.8 Å². The molecule has 0 radical (unpaired) electrons. The third-order valence-electron chi connectivity index (χ3n) is 10.6. The smallest absolute Gasteiger partial charge is 0.160 e. The van der Waals surface area contributed by atoms with Crippen LogP contribution in [0, 0.1) is 5.92 Å². The summed E-state index contributed by atoms with van der Waals surface area (Å²) >= 11 is 1.83. The molecule has 0 spiro atoms. The van der Waals surface area contributed by atoms with Crippen molar-refractivity contribution in [1.82, 2.24) is 0 Å². The second-order valence-corrected chi connectivity index (χ2v) is 14.9. The summed E-state index contributed by atoms with van der Waals surface area (Å²) in [5.74, 6) is 1.02. The lowest BCUT2D eigenvalue weighted by Gasteiger charge is -2.34. The van der Waals surface area contributed by atoms with Gasteiger partial charge >= 0.3 is 0 Å². The molecule has 1 heterocycles. The van der Waals surface area contributed by atoms with Crippen LogP contribution in [0.25, 0.3) is 16.3 Å². The van der Waals surface area contributed by atoms with Crippen LogP contribution in [0.3, 0.4) is 0 Å². The summed E-state index contributed by atoms with van der Waals surface area (Å²) in [5, 5.41) is 2.73. The van der Waals surface area contributed by atoms with Crippen molar-refractivity contribution in [2.24, 2.45) is 15.9 Å². The Labute approximate surface area is 310 Å². The molecular weight excluding hydrogens is 649 g/mol. The van der Waals surface area contributed by atoms with Crippen LogP contribution in [0.4, 0.5) is 0 Å². The van der Waals surface area contributed by atoms with E-state index in [2.05, 4.69) is 190 Å². The van der Waals surface area contributed by atoms with Crippen LogP contribution in [0.2, 0.25) is 0 Å². The molecule has 0 saturated heterocycles. The maximum Gasteiger partial charge on any atom is 0.160 e. The minimum absolute atomic E-state index is 0.359. The van der Waals surface area contributed by atoms with Crippen LogP contribution < -0.4 is 0 Å². The number of amidine groups is 1. The molecule has 0 amide bonds. The lowest BCUT2D eigenvalue weighted by atomic mass is 9.66. The molecular formula is C49H38N2S. The Bertz CT molecular complexity index is 2450. The number of hydrogen-bond acceptors (Lipinski definition) is 2. The molecule has 0 N–H and O–H groups in total. The Morgan fingerprint density at radius 3 is 2.21 bits per heavy atom. The van der Waals surface area contributed by atoms with Gasteiger partial charge in [0.1, 0.15) is 0 Å². The van der Waals surface area contributed by atoms with Crippen molar-refractivity contribution in [3.05, 3.63) is 232 Å². The van der Waals surface area contributed by atoms with Gasteiger partial charge in [-0.25, -0.2) is 9.98 Å². The third kappa shape index (κ3) is 5.44. The van der Waals surface area contributed by atoms with Gasteiger partial charge in [0.25, 0.3) is 0 Å². The van der Waals surface area contributed by atoms with Crippen molar-refractivity contribution in [2.45, 2.75) is 24.0 Å². The van der Waals surface area contributed by atoms with Gasteiger partial charge in [0, 0.05) is 32.9 Å². The Hall–Kier alpha value is -5.77. The molecule has 1 aliphatic heterocycles. The number of fused-ring (bicyclic) bond motifs is 4. The van der Waals surface area contributed by atoms with Gasteiger partial charge in [0.05, 0.1) is 11.1 Å². The van der Waals surface area contributed by atoms with E-state index in [1.54, 1.807) is 0 Å². The van der Waals surface area contributed by atoms with Gasteiger partial charge in [-0.2, -0.15) is 0 Å². The van der Waals surface area contributed by atoms with Crippen LogP contribution in [0.1, 0.15) is 41.2 Å². The summed E-state index contributed by atoms with van der Waals surface area (Å²) in [5.41, 5.74) is 10.8. The van der Waals surface area contributed by atoms with Crippen LogP contribution in [0.15, 0.2) is 214 Å². The summed E-state index contributed by atoms with van der Waals surface area (Å²) < 4.78 is 0. The highest BCUT2D eigenvalue weighted by atomic mass is 32.2. The van der Waals surface area contributed by atoms with E-state index in [1.807, 2.05) is 11.8 Å². The predicted octanol–water partition coefficient (Wildman–Crippen LogP) is 12.0. The first kappa shape index (κ1) is 32.2. The summed E-state index contributed by atoms with van der Waals surface area (Å²) in [7, 11) is 0. The molecule has 250 valence electrons. The lowest BCUT2D eigenvalue weighted by molar-refractivity contribution is 0.761. The van der Waals surface area contributed by atoms with Crippen LogP contribution in [-0.4, -0.2) is 16.8 Å². The summed E-state index contributed by atoms with van der Waals surface area (Å²) in [6, 6.07) is 45.8. The van der Waals surface area contributed by atoms with Crippen molar-refractivity contribution < 1.29 is 0 Å². The zero-order valence-corrected chi connectivity index (χ0v) is 29.9. The fourth-order valence-corrected chi connectivity index (χ4v) is 9.46. The van der Waals surface area contributed by atoms with Gasteiger partial charge in [0.15, 0.2) is 5.84 Å². The SMILES string of the molecule is C=C(N=C(N=C(C)C1=CCC=CC2=C1c1ccccc1C2(c1ccccc1)c1ccccc1)c1ccc2ccccc2c1)C1=CC2C=CC=CC2S1. The highest BCUT2D eigenvalue weighted by Crippen LogP contribution is 2.57. The number of rotatable bonds is 6. The molecule has 2 unspecified atom stereocenters. The van der Waals surface area contributed by atoms with Crippen molar-refractivity contribution in [1.29, 1.82) is 0 Å². The van der Waals surface area contributed by atoms with Gasteiger partial charge in [-0.05, 0) is 63.6 Å². The second kappa shape index (κ2) is 13.4. The molecule has 5 aromatic carbocycles. The Balaban J connectivity index is 1.22.